The van der Waals surface area contributed by atoms with Gasteiger partial charge in [-0.3, -0.25) is 14.4 Å². The van der Waals surface area contributed by atoms with E-state index < -0.39 is 17.1 Å². The van der Waals surface area contributed by atoms with Crippen LogP contribution >= 0.6 is 35.0 Å². The van der Waals surface area contributed by atoms with Gasteiger partial charge in [-0.1, -0.05) is 47.5 Å². The van der Waals surface area contributed by atoms with Crippen LogP contribution in [0.2, 0.25) is 10.0 Å². The van der Waals surface area contributed by atoms with Gasteiger partial charge in [-0.05, 0) is 73.7 Å². The average molecular weight is 651 g/mol. The largest absolute Gasteiger partial charge is 0.497 e. The highest BCUT2D eigenvalue weighted by atomic mass is 35.5. The molecule has 0 spiro atoms. The third kappa shape index (κ3) is 8.57. The van der Waals surface area contributed by atoms with E-state index in [4.69, 9.17) is 32.7 Å². The molecule has 0 bridgehead atoms. The Hall–Kier alpha value is -4.44. The first kappa shape index (κ1) is 32.5. The molecule has 0 fully saturated rings. The summed E-state index contributed by atoms with van der Waals surface area (Å²) in [6.45, 7) is 1.77. The van der Waals surface area contributed by atoms with Crippen molar-refractivity contribution in [2.24, 2.45) is 0 Å². The van der Waals surface area contributed by atoms with E-state index in [-0.39, 0.29) is 16.6 Å². The van der Waals surface area contributed by atoms with Crippen LogP contribution in [-0.4, -0.2) is 37.2 Å². The Bertz CT molecular complexity index is 1680. The van der Waals surface area contributed by atoms with Crippen LogP contribution in [0.15, 0.2) is 102 Å². The molecule has 3 amide bonds. The van der Waals surface area contributed by atoms with E-state index in [2.05, 4.69) is 16.0 Å². The van der Waals surface area contributed by atoms with Crippen LogP contribution in [0.1, 0.15) is 22.8 Å². The van der Waals surface area contributed by atoms with E-state index in [0.717, 1.165) is 4.90 Å². The Kier molecular flexibility index (Phi) is 11.3. The molecule has 0 radical (unpaired) electrons. The van der Waals surface area contributed by atoms with Crippen molar-refractivity contribution in [2.75, 3.05) is 24.9 Å². The van der Waals surface area contributed by atoms with Gasteiger partial charge in [0.1, 0.15) is 17.2 Å². The van der Waals surface area contributed by atoms with Crippen molar-refractivity contribution >= 4 is 70.1 Å². The van der Waals surface area contributed by atoms with Crippen molar-refractivity contribution in [3.8, 4) is 11.5 Å². The summed E-state index contributed by atoms with van der Waals surface area (Å²) in [5.74, 6) is -0.192. The fraction of sp³-hybridized carbons (Fsp3) is 0.121. The van der Waals surface area contributed by atoms with E-state index in [0.29, 0.717) is 39.0 Å². The van der Waals surface area contributed by atoms with Crippen molar-refractivity contribution in [2.45, 2.75) is 17.1 Å². The molecule has 0 aliphatic carbocycles. The molecule has 0 aromatic heterocycles. The number of methoxy groups -OCH3 is 2. The van der Waals surface area contributed by atoms with Gasteiger partial charge in [0, 0.05) is 27.8 Å². The van der Waals surface area contributed by atoms with Crippen molar-refractivity contribution < 1.29 is 23.9 Å². The molecule has 0 aliphatic heterocycles. The van der Waals surface area contributed by atoms with Gasteiger partial charge in [0.05, 0.1) is 35.2 Å². The third-order valence-corrected chi connectivity index (χ3v) is 8.20. The van der Waals surface area contributed by atoms with Crippen LogP contribution in [0, 0.1) is 0 Å². The van der Waals surface area contributed by atoms with Gasteiger partial charge in [-0.25, -0.2) is 0 Å². The summed E-state index contributed by atoms with van der Waals surface area (Å²) in [6.07, 6.45) is 1.53. The number of amides is 3. The molecule has 1 atom stereocenters. The first-order chi connectivity index (χ1) is 21.2. The van der Waals surface area contributed by atoms with Crippen molar-refractivity contribution in [3.63, 3.8) is 0 Å². The highest BCUT2D eigenvalue weighted by Gasteiger charge is 2.18. The van der Waals surface area contributed by atoms with Gasteiger partial charge >= 0.3 is 0 Å². The number of hydrogen-bond donors (Lipinski definition) is 3. The third-order valence-electron chi connectivity index (χ3n) is 6.27. The summed E-state index contributed by atoms with van der Waals surface area (Å²) < 4.78 is 10.7. The van der Waals surface area contributed by atoms with Crippen LogP contribution in [0.3, 0.4) is 0 Å². The molecule has 4 rings (SSSR count). The number of anilines is 2. The van der Waals surface area contributed by atoms with Gasteiger partial charge < -0.3 is 25.4 Å². The SMILES string of the molecule is COc1ccc(/C=C(\NC(=O)c2ccccc2)C(=O)Nc2ccc(SC(C)C(=O)Nc3cccc(Cl)c3Cl)cc2)c(OC)c1. The van der Waals surface area contributed by atoms with Crippen molar-refractivity contribution in [1.82, 2.24) is 5.32 Å². The van der Waals surface area contributed by atoms with Crippen LogP contribution in [-0.2, 0) is 9.59 Å². The fourth-order valence-electron chi connectivity index (χ4n) is 3.94. The second kappa shape index (κ2) is 15.3. The lowest BCUT2D eigenvalue weighted by molar-refractivity contribution is -0.115. The van der Waals surface area contributed by atoms with E-state index >= 15 is 0 Å². The predicted molar refractivity (Wildman–Crippen MR) is 177 cm³/mol. The second-order valence-corrected chi connectivity index (χ2v) is 11.5. The molecule has 0 saturated carbocycles. The minimum Gasteiger partial charge on any atom is -0.497 e. The van der Waals surface area contributed by atoms with E-state index in [1.807, 2.05) is 0 Å². The number of benzene rings is 4. The maximum atomic E-state index is 13.4. The zero-order valence-electron chi connectivity index (χ0n) is 24.0. The number of halogens is 2. The van der Waals surface area contributed by atoms with Gasteiger partial charge in [-0.15, -0.1) is 11.8 Å². The summed E-state index contributed by atoms with van der Waals surface area (Å²) in [4.78, 5) is 40.0. The summed E-state index contributed by atoms with van der Waals surface area (Å²) in [6, 6.07) is 25.7. The predicted octanol–water partition coefficient (Wildman–Crippen LogP) is 7.54. The van der Waals surface area contributed by atoms with Crippen molar-refractivity contribution in [1.29, 1.82) is 0 Å². The number of carbonyl (C=O) groups is 3. The molecule has 4 aromatic carbocycles. The monoisotopic (exact) mass is 649 g/mol. The minimum absolute atomic E-state index is 0.00532. The van der Waals surface area contributed by atoms with E-state index in [9.17, 15) is 14.4 Å². The Morgan fingerprint density at radius 1 is 0.841 bits per heavy atom. The number of ether oxygens (including phenoxy) is 2. The smallest absolute Gasteiger partial charge is 0.272 e. The summed E-state index contributed by atoms with van der Waals surface area (Å²) in [5.41, 5.74) is 1.88. The lowest BCUT2D eigenvalue weighted by Gasteiger charge is -2.14. The average Bonchev–Trinajstić information content (AvgIpc) is 3.04. The molecule has 0 heterocycles. The maximum absolute atomic E-state index is 13.4. The zero-order chi connectivity index (χ0) is 31.6. The molecule has 1 unspecified atom stereocenters. The highest BCUT2D eigenvalue weighted by Crippen LogP contribution is 2.31. The Labute approximate surface area is 269 Å². The summed E-state index contributed by atoms with van der Waals surface area (Å²) in [7, 11) is 3.05. The minimum atomic E-state index is -0.543. The Morgan fingerprint density at radius 3 is 2.25 bits per heavy atom. The lowest BCUT2D eigenvalue weighted by atomic mass is 10.1. The van der Waals surface area contributed by atoms with E-state index in [1.54, 1.807) is 105 Å². The van der Waals surface area contributed by atoms with Crippen LogP contribution in [0.25, 0.3) is 6.08 Å². The zero-order valence-corrected chi connectivity index (χ0v) is 26.3. The molecule has 0 saturated heterocycles. The topological polar surface area (TPSA) is 106 Å². The highest BCUT2D eigenvalue weighted by molar-refractivity contribution is 8.00. The van der Waals surface area contributed by atoms with Gasteiger partial charge in [0.2, 0.25) is 5.91 Å². The first-order valence-corrected chi connectivity index (χ1v) is 14.9. The number of carbonyl (C=O) groups excluding carboxylic acids is 3. The summed E-state index contributed by atoms with van der Waals surface area (Å²) >= 11 is 13.6. The molecule has 226 valence electrons. The quantitative estimate of drug-likeness (QED) is 0.114. The first-order valence-electron chi connectivity index (χ1n) is 13.3. The summed E-state index contributed by atoms with van der Waals surface area (Å²) in [5, 5.41) is 8.51. The maximum Gasteiger partial charge on any atom is 0.272 e. The molecule has 0 aliphatic rings. The molecule has 8 nitrogen and oxygen atoms in total. The normalized spacial score (nSPS) is 11.7. The Balaban J connectivity index is 1.48. The number of hydrogen-bond acceptors (Lipinski definition) is 6. The molecule has 11 heteroatoms. The molecule has 4 aromatic rings. The van der Waals surface area contributed by atoms with Crippen LogP contribution < -0.4 is 25.4 Å². The van der Waals surface area contributed by atoms with Crippen LogP contribution in [0.5, 0.6) is 11.5 Å². The molecule has 3 N–H and O–H groups in total. The molecule has 44 heavy (non-hydrogen) atoms. The molecular formula is C33H29Cl2N3O5S. The van der Waals surface area contributed by atoms with Gasteiger partial charge in [0.25, 0.3) is 11.8 Å². The number of thioether (sulfide) groups is 1. The van der Waals surface area contributed by atoms with Crippen molar-refractivity contribution in [3.05, 3.63) is 118 Å². The lowest BCUT2D eigenvalue weighted by Crippen LogP contribution is -2.30. The fourth-order valence-corrected chi connectivity index (χ4v) is 5.16. The van der Waals surface area contributed by atoms with Crippen LogP contribution in [0.4, 0.5) is 11.4 Å². The second-order valence-electron chi connectivity index (χ2n) is 9.32. The Morgan fingerprint density at radius 2 is 1.57 bits per heavy atom. The molecular weight excluding hydrogens is 621 g/mol. The standard InChI is InChI=1S/C33H29Cl2N3O5S/c1-20(31(39)37-27-11-7-10-26(34)30(27)35)44-25-16-13-23(14-17-25)36-33(41)28(38-32(40)21-8-5-4-6-9-21)18-22-12-15-24(42-2)19-29(22)43-3/h4-20H,1-3H3,(H,36,41)(H,37,39)(H,38,40)/b28-18-. The number of nitrogens with one attached hydrogen (secondary N) is 3. The van der Waals surface area contributed by atoms with E-state index in [1.165, 1.54) is 24.9 Å². The van der Waals surface area contributed by atoms with Gasteiger partial charge in [0.15, 0.2) is 0 Å². The van der Waals surface area contributed by atoms with Gasteiger partial charge in [-0.2, -0.15) is 0 Å². The number of rotatable bonds is 11.